The Kier molecular flexibility index (Phi) is 10.7. The number of hydrogen-bond acceptors (Lipinski definition) is 4. The van der Waals surface area contributed by atoms with Gasteiger partial charge in [0.2, 0.25) is 5.91 Å². The molecule has 0 aliphatic carbocycles. The van der Waals surface area contributed by atoms with Gasteiger partial charge >= 0.3 is 0 Å². The average molecular weight is 400 g/mol. The number of nitrogens with zero attached hydrogens (tertiary/aromatic N) is 1. The van der Waals surface area contributed by atoms with E-state index in [0.29, 0.717) is 18.5 Å². The van der Waals surface area contributed by atoms with E-state index in [4.69, 9.17) is 5.73 Å². The molecule has 1 aromatic rings. The van der Waals surface area contributed by atoms with Gasteiger partial charge in [0.05, 0.1) is 0 Å². The van der Waals surface area contributed by atoms with Crippen LogP contribution in [-0.2, 0) is 4.79 Å². The highest BCUT2D eigenvalue weighted by Crippen LogP contribution is 2.20. The number of halogens is 1. The highest BCUT2D eigenvalue weighted by molar-refractivity contribution is 7.99. The predicted octanol–water partition coefficient (Wildman–Crippen LogP) is 3.45. The summed E-state index contributed by atoms with van der Waals surface area (Å²) >= 11 is 1.88. The van der Waals surface area contributed by atoms with Crippen molar-refractivity contribution < 1.29 is 9.59 Å². The van der Waals surface area contributed by atoms with Crippen LogP contribution in [0.1, 0.15) is 48.0 Å². The minimum atomic E-state index is 0. The van der Waals surface area contributed by atoms with Crippen LogP contribution in [-0.4, -0.2) is 47.9 Å². The highest BCUT2D eigenvalue weighted by Gasteiger charge is 2.19. The van der Waals surface area contributed by atoms with Crippen molar-refractivity contribution in [2.45, 2.75) is 39.0 Å². The maximum Gasteiger partial charge on any atom is 0.253 e. The summed E-state index contributed by atoms with van der Waals surface area (Å²) in [6, 6.07) is 5.57. The second kappa shape index (κ2) is 12.2. The Hall–Kier alpha value is -1.24. The predicted molar refractivity (Wildman–Crippen MR) is 112 cm³/mol. The van der Waals surface area contributed by atoms with Crippen molar-refractivity contribution in [3.05, 3.63) is 29.3 Å². The maximum absolute atomic E-state index is 12.6. The largest absolute Gasteiger partial charge is 0.337 e. The molecule has 1 aromatic carbocycles. The van der Waals surface area contributed by atoms with E-state index >= 15 is 0 Å². The first-order chi connectivity index (χ1) is 12.1. The van der Waals surface area contributed by atoms with E-state index in [1.807, 2.05) is 41.8 Å². The lowest BCUT2D eigenvalue weighted by Crippen LogP contribution is -2.37. The molecule has 1 saturated heterocycles. The van der Waals surface area contributed by atoms with Gasteiger partial charge in [0, 0.05) is 42.3 Å². The van der Waals surface area contributed by atoms with Gasteiger partial charge in [-0.05, 0) is 44.0 Å². The number of nitrogens with two attached hydrogens (primary N) is 1. The number of hydrogen-bond donors (Lipinski definition) is 2. The summed E-state index contributed by atoms with van der Waals surface area (Å²) in [6.07, 6.45) is 4.48. The number of amides is 2. The Morgan fingerprint density at radius 3 is 2.54 bits per heavy atom. The van der Waals surface area contributed by atoms with Crippen LogP contribution in [0.4, 0.5) is 5.69 Å². The van der Waals surface area contributed by atoms with E-state index in [2.05, 4.69) is 5.32 Å². The van der Waals surface area contributed by atoms with E-state index in [1.54, 1.807) is 0 Å². The Morgan fingerprint density at radius 2 is 1.85 bits per heavy atom. The monoisotopic (exact) mass is 399 g/mol. The number of benzene rings is 1. The Balaban J connectivity index is 0.00000338. The van der Waals surface area contributed by atoms with Crippen LogP contribution >= 0.6 is 24.2 Å². The van der Waals surface area contributed by atoms with Crippen molar-refractivity contribution >= 4 is 41.7 Å². The molecule has 146 valence electrons. The lowest BCUT2D eigenvalue weighted by molar-refractivity contribution is -0.116. The molecule has 0 saturated carbocycles. The zero-order chi connectivity index (χ0) is 18.1. The van der Waals surface area contributed by atoms with Crippen LogP contribution in [0.25, 0.3) is 0 Å². The third-order valence-electron chi connectivity index (χ3n) is 4.41. The molecule has 1 fully saturated rings. The van der Waals surface area contributed by atoms with Crippen molar-refractivity contribution in [2.24, 2.45) is 5.73 Å². The van der Waals surface area contributed by atoms with Crippen LogP contribution in [0, 0.1) is 6.92 Å². The zero-order valence-electron chi connectivity index (χ0n) is 15.5. The molecular weight excluding hydrogens is 370 g/mol. The number of nitrogens with one attached hydrogen (secondary N) is 1. The summed E-state index contributed by atoms with van der Waals surface area (Å²) in [5.41, 5.74) is 7.83. The van der Waals surface area contributed by atoms with E-state index in [-0.39, 0.29) is 24.2 Å². The van der Waals surface area contributed by atoms with E-state index in [9.17, 15) is 9.59 Å². The third-order valence-corrected chi connectivity index (χ3v) is 5.36. The minimum absolute atomic E-state index is 0. The summed E-state index contributed by atoms with van der Waals surface area (Å²) in [5.74, 6) is 2.05. The van der Waals surface area contributed by atoms with Gasteiger partial charge in [-0.2, -0.15) is 11.8 Å². The fourth-order valence-corrected chi connectivity index (χ4v) is 3.74. The van der Waals surface area contributed by atoms with Gasteiger partial charge in [-0.3, -0.25) is 9.59 Å². The van der Waals surface area contributed by atoms with Crippen molar-refractivity contribution in [1.29, 1.82) is 0 Å². The van der Waals surface area contributed by atoms with E-state index < -0.39 is 0 Å². The first-order valence-electron chi connectivity index (χ1n) is 9.09. The zero-order valence-corrected chi connectivity index (χ0v) is 17.1. The number of rotatable bonds is 8. The lowest BCUT2D eigenvalue weighted by atomic mass is 10.1. The molecule has 5 nitrogen and oxygen atoms in total. The lowest BCUT2D eigenvalue weighted by Gasteiger charge is -2.26. The van der Waals surface area contributed by atoms with Gasteiger partial charge in [0.25, 0.3) is 5.91 Å². The van der Waals surface area contributed by atoms with Crippen LogP contribution in [0.5, 0.6) is 0 Å². The molecule has 0 aromatic heterocycles. The van der Waals surface area contributed by atoms with Gasteiger partial charge in [-0.25, -0.2) is 0 Å². The van der Waals surface area contributed by atoms with Crippen LogP contribution in [0.2, 0.25) is 0 Å². The van der Waals surface area contributed by atoms with Crippen LogP contribution in [0.3, 0.4) is 0 Å². The molecule has 2 amide bonds. The number of anilines is 1. The van der Waals surface area contributed by atoms with Crippen molar-refractivity contribution in [3.8, 4) is 0 Å². The normalized spacial score (nSPS) is 13.8. The molecule has 0 bridgehead atoms. The second-order valence-electron chi connectivity index (χ2n) is 6.44. The standard InChI is InChI=1S/C19H29N3O2S.ClH/c1-15-7-8-16(19(24)22-10-12-25-13-11-22)14-17(15)21-18(23)6-4-2-3-5-9-20;/h7-8,14H,2-6,9-13,20H2,1H3,(H,21,23);1H. The average Bonchev–Trinajstić information content (AvgIpc) is 2.63. The molecule has 1 aliphatic heterocycles. The Labute approximate surface area is 166 Å². The van der Waals surface area contributed by atoms with E-state index in [1.165, 1.54) is 0 Å². The number of carbonyl (C=O) groups is 2. The molecule has 0 spiro atoms. The molecule has 26 heavy (non-hydrogen) atoms. The Morgan fingerprint density at radius 1 is 1.15 bits per heavy atom. The van der Waals surface area contributed by atoms with E-state index in [0.717, 1.165) is 61.5 Å². The quantitative estimate of drug-likeness (QED) is 0.656. The topological polar surface area (TPSA) is 75.4 Å². The molecule has 0 atom stereocenters. The fraction of sp³-hybridized carbons (Fsp3) is 0.579. The number of thioether (sulfide) groups is 1. The molecule has 0 radical (unpaired) electrons. The molecule has 0 unspecified atom stereocenters. The Bertz CT molecular complexity index is 592. The summed E-state index contributed by atoms with van der Waals surface area (Å²) in [4.78, 5) is 26.7. The van der Waals surface area contributed by atoms with Crippen LogP contribution < -0.4 is 11.1 Å². The first-order valence-corrected chi connectivity index (χ1v) is 10.2. The number of unbranched alkanes of at least 4 members (excludes halogenated alkanes) is 3. The van der Waals surface area contributed by atoms with Gasteiger partial charge in [-0.1, -0.05) is 18.9 Å². The third kappa shape index (κ3) is 7.17. The summed E-state index contributed by atoms with van der Waals surface area (Å²) < 4.78 is 0. The molecule has 1 aliphatic rings. The van der Waals surface area contributed by atoms with Crippen LogP contribution in [0.15, 0.2) is 18.2 Å². The molecule has 1 heterocycles. The summed E-state index contributed by atoms with van der Waals surface area (Å²) in [7, 11) is 0. The van der Waals surface area contributed by atoms with Gasteiger partial charge in [0.1, 0.15) is 0 Å². The van der Waals surface area contributed by atoms with Crippen molar-refractivity contribution in [1.82, 2.24) is 4.90 Å². The molecular formula is C19H30ClN3O2S. The molecule has 2 rings (SSSR count). The highest BCUT2D eigenvalue weighted by atomic mass is 35.5. The molecule has 3 N–H and O–H groups in total. The van der Waals surface area contributed by atoms with Crippen molar-refractivity contribution in [2.75, 3.05) is 36.5 Å². The minimum Gasteiger partial charge on any atom is -0.337 e. The van der Waals surface area contributed by atoms with Crippen molar-refractivity contribution in [3.63, 3.8) is 0 Å². The second-order valence-corrected chi connectivity index (χ2v) is 7.66. The SMILES string of the molecule is Cc1ccc(C(=O)N2CCSCC2)cc1NC(=O)CCCCCCN.Cl. The smallest absolute Gasteiger partial charge is 0.253 e. The fourth-order valence-electron chi connectivity index (χ4n) is 2.83. The first kappa shape index (κ1) is 22.8. The number of aryl methyl sites for hydroxylation is 1. The summed E-state index contributed by atoms with van der Waals surface area (Å²) in [5, 5.41) is 2.96. The summed E-state index contributed by atoms with van der Waals surface area (Å²) in [6.45, 7) is 4.24. The van der Waals surface area contributed by atoms with Gasteiger partial charge < -0.3 is 16.0 Å². The number of carbonyl (C=O) groups excluding carboxylic acids is 2. The van der Waals surface area contributed by atoms with Gasteiger partial charge in [-0.15, -0.1) is 12.4 Å². The molecule has 7 heteroatoms. The van der Waals surface area contributed by atoms with Gasteiger partial charge in [0.15, 0.2) is 0 Å². The maximum atomic E-state index is 12.6.